The summed E-state index contributed by atoms with van der Waals surface area (Å²) in [6.45, 7) is 1.66. The standard InChI is InChI=1S/C22H20Cl2N2O3S/c1-16-7-9-17(10-8-16)14-26(30(28,29)19-5-3-2-4-6-19)15-22(27)25-18-11-12-20(23)21(24)13-18/h2-13H,14-15H2,1H3,(H,25,27). The average Bonchev–Trinajstić information content (AvgIpc) is 2.72. The Kier molecular flexibility index (Phi) is 7.15. The molecule has 0 saturated carbocycles. The second-order valence-corrected chi connectivity index (χ2v) is 9.50. The molecule has 0 aliphatic heterocycles. The van der Waals surface area contributed by atoms with E-state index in [2.05, 4.69) is 5.32 Å². The lowest BCUT2D eigenvalue weighted by molar-refractivity contribution is -0.116. The van der Waals surface area contributed by atoms with Crippen molar-refractivity contribution in [3.63, 3.8) is 0 Å². The maximum Gasteiger partial charge on any atom is 0.243 e. The molecule has 8 heteroatoms. The number of carbonyl (C=O) groups is 1. The number of amides is 1. The topological polar surface area (TPSA) is 66.5 Å². The van der Waals surface area contributed by atoms with Crippen molar-refractivity contribution in [2.75, 3.05) is 11.9 Å². The third kappa shape index (κ3) is 5.61. The van der Waals surface area contributed by atoms with Crippen LogP contribution in [0.1, 0.15) is 11.1 Å². The number of nitrogens with one attached hydrogen (secondary N) is 1. The molecule has 3 aromatic rings. The van der Waals surface area contributed by atoms with Crippen LogP contribution in [0.15, 0.2) is 77.7 Å². The van der Waals surface area contributed by atoms with Crippen LogP contribution in [0.5, 0.6) is 0 Å². The fourth-order valence-electron chi connectivity index (χ4n) is 2.80. The minimum atomic E-state index is -3.89. The van der Waals surface area contributed by atoms with Gasteiger partial charge >= 0.3 is 0 Å². The molecule has 0 saturated heterocycles. The highest BCUT2D eigenvalue weighted by Crippen LogP contribution is 2.25. The molecule has 0 aromatic heterocycles. The van der Waals surface area contributed by atoms with Crippen molar-refractivity contribution in [3.05, 3.63) is 94.0 Å². The Morgan fingerprint density at radius 3 is 2.23 bits per heavy atom. The molecule has 0 atom stereocenters. The molecule has 156 valence electrons. The SMILES string of the molecule is Cc1ccc(CN(CC(=O)Nc2ccc(Cl)c(Cl)c2)S(=O)(=O)c2ccccc2)cc1. The zero-order chi connectivity index (χ0) is 21.7. The fraction of sp³-hybridized carbons (Fsp3) is 0.136. The number of carbonyl (C=O) groups excluding carboxylic acids is 1. The van der Waals surface area contributed by atoms with Gasteiger partial charge in [0.1, 0.15) is 0 Å². The molecular formula is C22H20Cl2N2O3S. The smallest absolute Gasteiger partial charge is 0.243 e. The summed E-state index contributed by atoms with van der Waals surface area (Å²) in [5, 5.41) is 3.33. The molecule has 0 unspecified atom stereocenters. The largest absolute Gasteiger partial charge is 0.325 e. The molecule has 0 fully saturated rings. The number of benzene rings is 3. The Morgan fingerprint density at radius 2 is 1.60 bits per heavy atom. The predicted molar refractivity (Wildman–Crippen MR) is 120 cm³/mol. The van der Waals surface area contributed by atoms with Crippen molar-refractivity contribution < 1.29 is 13.2 Å². The van der Waals surface area contributed by atoms with Gasteiger partial charge in [0, 0.05) is 12.2 Å². The first-order chi connectivity index (χ1) is 14.3. The lowest BCUT2D eigenvalue weighted by atomic mass is 10.1. The summed E-state index contributed by atoms with van der Waals surface area (Å²) in [5.74, 6) is -0.486. The average molecular weight is 463 g/mol. The second-order valence-electron chi connectivity index (χ2n) is 6.75. The van der Waals surface area contributed by atoms with E-state index in [1.54, 1.807) is 30.3 Å². The maximum atomic E-state index is 13.2. The molecule has 30 heavy (non-hydrogen) atoms. The first-order valence-electron chi connectivity index (χ1n) is 9.11. The monoisotopic (exact) mass is 462 g/mol. The summed E-state index contributed by atoms with van der Waals surface area (Å²) >= 11 is 11.9. The van der Waals surface area contributed by atoms with Crippen LogP contribution in [0, 0.1) is 6.92 Å². The van der Waals surface area contributed by atoms with E-state index in [-0.39, 0.29) is 18.0 Å². The zero-order valence-electron chi connectivity index (χ0n) is 16.2. The van der Waals surface area contributed by atoms with E-state index in [1.807, 2.05) is 31.2 Å². The van der Waals surface area contributed by atoms with E-state index < -0.39 is 15.9 Å². The van der Waals surface area contributed by atoms with Crippen molar-refractivity contribution >= 4 is 44.8 Å². The number of sulfonamides is 1. The van der Waals surface area contributed by atoms with E-state index in [0.717, 1.165) is 15.4 Å². The Hall–Kier alpha value is -2.38. The minimum absolute atomic E-state index is 0.0618. The third-order valence-corrected chi connectivity index (χ3v) is 6.93. The number of nitrogens with zero attached hydrogens (tertiary/aromatic N) is 1. The van der Waals surface area contributed by atoms with Gasteiger partial charge < -0.3 is 5.32 Å². The normalized spacial score (nSPS) is 11.5. The van der Waals surface area contributed by atoms with Gasteiger partial charge in [-0.05, 0) is 42.8 Å². The highest BCUT2D eigenvalue weighted by atomic mass is 35.5. The number of rotatable bonds is 7. The Balaban J connectivity index is 1.85. The molecule has 0 bridgehead atoms. The molecule has 3 rings (SSSR count). The maximum absolute atomic E-state index is 13.2. The molecule has 5 nitrogen and oxygen atoms in total. The highest BCUT2D eigenvalue weighted by molar-refractivity contribution is 7.89. The van der Waals surface area contributed by atoms with Crippen LogP contribution in [0.3, 0.4) is 0 Å². The van der Waals surface area contributed by atoms with Crippen molar-refractivity contribution in [1.82, 2.24) is 4.31 Å². The molecule has 0 radical (unpaired) electrons. The molecule has 1 amide bonds. The van der Waals surface area contributed by atoms with Gasteiger partial charge in [0.15, 0.2) is 0 Å². The summed E-state index contributed by atoms with van der Waals surface area (Å²) in [6.07, 6.45) is 0. The number of halogens is 2. The number of hydrogen-bond donors (Lipinski definition) is 1. The zero-order valence-corrected chi connectivity index (χ0v) is 18.5. The Morgan fingerprint density at radius 1 is 0.933 bits per heavy atom. The van der Waals surface area contributed by atoms with Gasteiger partial charge in [-0.1, -0.05) is 71.2 Å². The van der Waals surface area contributed by atoms with Crippen LogP contribution in [0.25, 0.3) is 0 Å². The Bertz CT molecular complexity index is 1130. The van der Waals surface area contributed by atoms with E-state index >= 15 is 0 Å². The summed E-state index contributed by atoms with van der Waals surface area (Å²) < 4.78 is 27.5. The van der Waals surface area contributed by atoms with Crippen LogP contribution < -0.4 is 5.32 Å². The lowest BCUT2D eigenvalue weighted by Gasteiger charge is -2.22. The summed E-state index contributed by atoms with van der Waals surface area (Å²) in [5.41, 5.74) is 2.28. The summed E-state index contributed by atoms with van der Waals surface area (Å²) in [7, 11) is -3.89. The van der Waals surface area contributed by atoms with E-state index in [4.69, 9.17) is 23.2 Å². The molecule has 0 aliphatic rings. The first kappa shape index (κ1) is 22.3. The Labute approximate surface area is 186 Å². The third-order valence-electron chi connectivity index (χ3n) is 4.38. The minimum Gasteiger partial charge on any atom is -0.325 e. The quantitative estimate of drug-likeness (QED) is 0.528. The van der Waals surface area contributed by atoms with Gasteiger partial charge in [-0.25, -0.2) is 8.42 Å². The van der Waals surface area contributed by atoms with Crippen molar-refractivity contribution in [2.24, 2.45) is 0 Å². The van der Waals surface area contributed by atoms with Crippen LogP contribution in [-0.2, 0) is 21.4 Å². The van der Waals surface area contributed by atoms with Gasteiger partial charge in [-0.2, -0.15) is 4.31 Å². The van der Waals surface area contributed by atoms with E-state index in [0.29, 0.717) is 15.7 Å². The van der Waals surface area contributed by atoms with Gasteiger partial charge in [0.25, 0.3) is 0 Å². The summed E-state index contributed by atoms with van der Waals surface area (Å²) in [4.78, 5) is 12.8. The predicted octanol–water partition coefficient (Wildman–Crippen LogP) is 5.13. The number of anilines is 1. The molecule has 3 aromatic carbocycles. The first-order valence-corrected chi connectivity index (χ1v) is 11.3. The van der Waals surface area contributed by atoms with E-state index in [9.17, 15) is 13.2 Å². The van der Waals surface area contributed by atoms with Gasteiger partial charge in [0.05, 0.1) is 21.5 Å². The molecule has 1 N–H and O–H groups in total. The molecule has 0 spiro atoms. The number of aryl methyl sites for hydroxylation is 1. The lowest BCUT2D eigenvalue weighted by Crippen LogP contribution is -2.37. The van der Waals surface area contributed by atoms with Crippen LogP contribution in [0.4, 0.5) is 5.69 Å². The van der Waals surface area contributed by atoms with Gasteiger partial charge in [0.2, 0.25) is 15.9 Å². The van der Waals surface area contributed by atoms with E-state index in [1.165, 1.54) is 18.2 Å². The van der Waals surface area contributed by atoms with Crippen molar-refractivity contribution in [3.8, 4) is 0 Å². The summed E-state index contributed by atoms with van der Waals surface area (Å²) in [6, 6.07) is 20.2. The van der Waals surface area contributed by atoms with Gasteiger partial charge in [-0.15, -0.1) is 0 Å². The fourth-order valence-corrected chi connectivity index (χ4v) is 4.50. The second kappa shape index (κ2) is 9.62. The van der Waals surface area contributed by atoms with Crippen molar-refractivity contribution in [1.29, 1.82) is 0 Å². The van der Waals surface area contributed by atoms with Crippen molar-refractivity contribution in [2.45, 2.75) is 18.4 Å². The molecule has 0 aliphatic carbocycles. The highest BCUT2D eigenvalue weighted by Gasteiger charge is 2.27. The molecule has 0 heterocycles. The molecular weight excluding hydrogens is 443 g/mol. The van der Waals surface area contributed by atoms with Crippen LogP contribution >= 0.6 is 23.2 Å². The van der Waals surface area contributed by atoms with Gasteiger partial charge in [-0.3, -0.25) is 4.79 Å². The van der Waals surface area contributed by atoms with Crippen LogP contribution in [-0.4, -0.2) is 25.2 Å². The van der Waals surface area contributed by atoms with Crippen LogP contribution in [0.2, 0.25) is 10.0 Å². The number of hydrogen-bond acceptors (Lipinski definition) is 3.